The second-order valence-electron chi connectivity index (χ2n) is 5.98. The molecular formula is C22H24O4. The van der Waals surface area contributed by atoms with E-state index in [4.69, 9.17) is 9.47 Å². The van der Waals surface area contributed by atoms with Crippen molar-refractivity contribution in [1.82, 2.24) is 0 Å². The van der Waals surface area contributed by atoms with Gasteiger partial charge in [-0.1, -0.05) is 37.3 Å². The normalized spacial score (nSPS) is 10.0. The van der Waals surface area contributed by atoms with Crippen molar-refractivity contribution in [3.8, 4) is 23.3 Å². The lowest BCUT2D eigenvalue weighted by molar-refractivity contribution is -0.132. The Morgan fingerprint density at radius 3 is 2.42 bits per heavy atom. The minimum Gasteiger partial charge on any atom is -0.493 e. The van der Waals surface area contributed by atoms with Gasteiger partial charge in [-0.25, -0.2) is 0 Å². The van der Waals surface area contributed by atoms with Gasteiger partial charge >= 0.3 is 5.97 Å². The van der Waals surface area contributed by atoms with Gasteiger partial charge in [0.15, 0.2) is 11.5 Å². The zero-order valence-electron chi connectivity index (χ0n) is 15.5. The van der Waals surface area contributed by atoms with E-state index in [1.54, 1.807) is 12.1 Å². The van der Waals surface area contributed by atoms with Gasteiger partial charge in [0.2, 0.25) is 0 Å². The van der Waals surface area contributed by atoms with E-state index in [0.29, 0.717) is 16.9 Å². The van der Waals surface area contributed by atoms with Gasteiger partial charge in [0.05, 0.1) is 19.3 Å². The van der Waals surface area contributed by atoms with Crippen molar-refractivity contribution in [2.75, 3.05) is 7.11 Å². The molecule has 0 saturated carbocycles. The van der Waals surface area contributed by atoms with Gasteiger partial charge in [-0.2, -0.15) is 0 Å². The van der Waals surface area contributed by atoms with Crippen molar-refractivity contribution >= 4 is 5.97 Å². The molecule has 1 N–H and O–H groups in total. The molecule has 0 aliphatic rings. The smallest absolute Gasteiger partial charge is 0.308 e. The molecule has 136 valence electrons. The molecule has 4 nitrogen and oxygen atoms in total. The maximum atomic E-state index is 11.4. The summed E-state index contributed by atoms with van der Waals surface area (Å²) in [6.07, 6.45) is 3.41. The number of esters is 1. The largest absolute Gasteiger partial charge is 0.493 e. The van der Waals surface area contributed by atoms with Gasteiger partial charge in [0.25, 0.3) is 0 Å². The van der Waals surface area contributed by atoms with Crippen molar-refractivity contribution in [2.24, 2.45) is 0 Å². The Balaban J connectivity index is 2.36. The van der Waals surface area contributed by atoms with Crippen LogP contribution in [0.1, 0.15) is 48.9 Å². The van der Waals surface area contributed by atoms with E-state index in [1.807, 2.05) is 12.1 Å². The molecule has 0 unspecified atom stereocenters. The van der Waals surface area contributed by atoms with Crippen LogP contribution >= 0.6 is 0 Å². The molecule has 26 heavy (non-hydrogen) atoms. The number of hydrogen-bond donors (Lipinski definition) is 1. The summed E-state index contributed by atoms with van der Waals surface area (Å²) in [5, 5.41) is 9.43. The molecule has 4 heteroatoms. The first-order valence-electron chi connectivity index (χ1n) is 8.68. The highest BCUT2D eigenvalue weighted by Gasteiger charge is 2.14. The molecule has 0 heterocycles. The van der Waals surface area contributed by atoms with Crippen molar-refractivity contribution < 1.29 is 19.4 Å². The Morgan fingerprint density at radius 2 is 1.85 bits per heavy atom. The number of unbranched alkanes of at least 4 members (excludes halogenated alkanes) is 1. The van der Waals surface area contributed by atoms with Gasteiger partial charge in [-0.15, -0.1) is 0 Å². The third kappa shape index (κ3) is 5.37. The highest BCUT2D eigenvalue weighted by molar-refractivity contribution is 5.72. The maximum Gasteiger partial charge on any atom is 0.308 e. The molecule has 0 radical (unpaired) electrons. The Morgan fingerprint density at radius 1 is 1.12 bits per heavy atom. The molecule has 0 aliphatic heterocycles. The lowest BCUT2D eigenvalue weighted by Gasteiger charge is -2.11. The van der Waals surface area contributed by atoms with Crippen LogP contribution < -0.4 is 9.47 Å². The van der Waals surface area contributed by atoms with Gasteiger partial charge in [-0.05, 0) is 48.2 Å². The number of rotatable bonds is 6. The molecule has 0 bridgehead atoms. The Kier molecular flexibility index (Phi) is 7.25. The molecule has 0 atom stereocenters. The summed E-state index contributed by atoms with van der Waals surface area (Å²) in [5.41, 5.74) is 3.30. The second-order valence-corrected chi connectivity index (χ2v) is 5.98. The number of methoxy groups -OCH3 is 1. The van der Waals surface area contributed by atoms with Gasteiger partial charge in [0, 0.05) is 12.5 Å². The Hall–Kier alpha value is -2.77. The maximum absolute atomic E-state index is 11.4. The number of carbonyl (C=O) groups is 1. The quantitative estimate of drug-likeness (QED) is 0.487. The lowest BCUT2D eigenvalue weighted by atomic mass is 10.1. The summed E-state index contributed by atoms with van der Waals surface area (Å²) >= 11 is 0. The summed E-state index contributed by atoms with van der Waals surface area (Å²) in [5.74, 6) is 6.29. The number of carbonyl (C=O) groups excluding carboxylic acids is 1. The first kappa shape index (κ1) is 19.6. The average Bonchev–Trinajstić information content (AvgIpc) is 2.65. The van der Waals surface area contributed by atoms with E-state index in [1.165, 1.54) is 32.4 Å². The van der Waals surface area contributed by atoms with Crippen LogP contribution in [0.5, 0.6) is 11.5 Å². The van der Waals surface area contributed by atoms with Crippen LogP contribution in [0.4, 0.5) is 0 Å². The zero-order chi connectivity index (χ0) is 18.9. The highest BCUT2D eigenvalue weighted by Crippen LogP contribution is 2.32. The van der Waals surface area contributed by atoms with E-state index in [0.717, 1.165) is 12.0 Å². The van der Waals surface area contributed by atoms with Crippen molar-refractivity contribution in [3.63, 3.8) is 0 Å². The molecule has 2 aromatic rings. The monoisotopic (exact) mass is 352 g/mol. The molecule has 0 aromatic heterocycles. The minimum atomic E-state index is -0.455. The number of benzene rings is 2. The van der Waals surface area contributed by atoms with Crippen LogP contribution in [0.25, 0.3) is 0 Å². The minimum absolute atomic E-state index is 0.155. The summed E-state index contributed by atoms with van der Waals surface area (Å²) in [6.45, 7) is 3.35. The third-order valence-electron chi connectivity index (χ3n) is 3.88. The predicted molar refractivity (Wildman–Crippen MR) is 101 cm³/mol. The fourth-order valence-corrected chi connectivity index (χ4v) is 2.52. The Bertz CT molecular complexity index is 811. The number of aliphatic hydroxyl groups excluding tert-OH is 1. The molecule has 0 amide bonds. The first-order chi connectivity index (χ1) is 12.6. The van der Waals surface area contributed by atoms with Crippen LogP contribution in [0.15, 0.2) is 36.4 Å². The summed E-state index contributed by atoms with van der Waals surface area (Å²) in [7, 11) is 1.48. The molecule has 0 spiro atoms. The topological polar surface area (TPSA) is 55.8 Å². The van der Waals surface area contributed by atoms with Gasteiger partial charge in [-0.3, -0.25) is 4.79 Å². The van der Waals surface area contributed by atoms with E-state index >= 15 is 0 Å². The number of ether oxygens (including phenoxy) is 2. The predicted octanol–water partition coefficient (Wildman–Crippen LogP) is 3.86. The molecular weight excluding hydrogens is 328 g/mol. The first-order valence-corrected chi connectivity index (χ1v) is 8.68. The standard InChI is InChI=1S/C22H24O4/c1-4-5-6-17-7-9-18(10-8-17)11-12-20-13-19(15-23)14-21(25-3)22(20)26-16(2)24/h7-10,13-14,23H,4-6,15H2,1-3H3. The lowest BCUT2D eigenvalue weighted by Crippen LogP contribution is -2.05. The van der Waals surface area contributed by atoms with Crippen LogP contribution in [-0.2, 0) is 17.8 Å². The molecule has 2 aromatic carbocycles. The van der Waals surface area contributed by atoms with Crippen molar-refractivity contribution in [1.29, 1.82) is 0 Å². The number of aliphatic hydroxyl groups is 1. The fraction of sp³-hybridized carbons (Fsp3) is 0.318. The summed E-state index contributed by atoms with van der Waals surface area (Å²) in [6, 6.07) is 11.5. The number of hydrogen-bond acceptors (Lipinski definition) is 4. The van der Waals surface area contributed by atoms with E-state index < -0.39 is 5.97 Å². The van der Waals surface area contributed by atoms with Crippen molar-refractivity contribution in [2.45, 2.75) is 39.7 Å². The van der Waals surface area contributed by atoms with Crippen LogP contribution in [0.3, 0.4) is 0 Å². The second kappa shape index (κ2) is 9.65. The average molecular weight is 352 g/mol. The van der Waals surface area contributed by atoms with Crippen LogP contribution in [0.2, 0.25) is 0 Å². The number of aryl methyl sites for hydroxylation is 1. The molecule has 0 aliphatic carbocycles. The zero-order valence-corrected chi connectivity index (χ0v) is 15.5. The fourth-order valence-electron chi connectivity index (χ4n) is 2.52. The molecule has 0 saturated heterocycles. The SMILES string of the molecule is CCCCc1ccc(C#Cc2cc(CO)cc(OC)c2OC(C)=O)cc1. The van der Waals surface area contributed by atoms with Crippen molar-refractivity contribution in [3.05, 3.63) is 58.7 Å². The third-order valence-corrected chi connectivity index (χ3v) is 3.88. The van der Waals surface area contributed by atoms with E-state index in [9.17, 15) is 9.90 Å². The van der Waals surface area contributed by atoms with E-state index in [-0.39, 0.29) is 12.4 Å². The van der Waals surface area contributed by atoms with Gasteiger partial charge < -0.3 is 14.6 Å². The van der Waals surface area contributed by atoms with E-state index in [2.05, 4.69) is 30.9 Å². The molecule has 2 rings (SSSR count). The van der Waals surface area contributed by atoms with Crippen LogP contribution in [-0.4, -0.2) is 18.2 Å². The Labute approximate surface area is 154 Å². The highest BCUT2D eigenvalue weighted by atomic mass is 16.6. The summed E-state index contributed by atoms with van der Waals surface area (Å²) in [4.78, 5) is 11.4. The summed E-state index contributed by atoms with van der Waals surface area (Å²) < 4.78 is 10.5. The van der Waals surface area contributed by atoms with Crippen LogP contribution in [0, 0.1) is 11.8 Å². The van der Waals surface area contributed by atoms with Gasteiger partial charge in [0.1, 0.15) is 0 Å². The molecule has 0 fully saturated rings.